The Hall–Kier alpha value is -2.46. The first-order valence-electron chi connectivity index (χ1n) is 14.1. The predicted octanol–water partition coefficient (Wildman–Crippen LogP) is 6.93. The Morgan fingerprint density at radius 2 is 1.95 bits per heavy atom. The van der Waals surface area contributed by atoms with E-state index >= 15 is 0 Å². The summed E-state index contributed by atoms with van der Waals surface area (Å²) >= 11 is 3.65. The molecule has 1 amide bonds. The minimum Gasteiger partial charge on any atom is -0.465 e. The lowest BCUT2D eigenvalue weighted by Gasteiger charge is -2.47. The number of hydrogen-bond acceptors (Lipinski definition) is 5. The number of amides is 1. The minimum atomic E-state index is -1.16. The van der Waals surface area contributed by atoms with Crippen LogP contribution >= 0.6 is 15.9 Å². The number of alkyl halides is 1. The number of pyridine rings is 1. The zero-order chi connectivity index (χ0) is 28.8. The van der Waals surface area contributed by atoms with Crippen LogP contribution in [-0.2, 0) is 14.0 Å². The predicted molar refractivity (Wildman–Crippen MR) is 159 cm³/mol. The summed E-state index contributed by atoms with van der Waals surface area (Å²) in [4.78, 5) is 21.9. The Morgan fingerprint density at radius 1 is 1.25 bits per heavy atom. The monoisotopic (exact) mass is 613 g/mol. The molecule has 216 valence electrons. The smallest absolute Gasteiger partial charge is 0.407 e. The van der Waals surface area contributed by atoms with Gasteiger partial charge in [-0.15, -0.1) is 0 Å². The highest BCUT2D eigenvalue weighted by Gasteiger charge is 2.43. The number of hydrogen-bond donors (Lipinski definition) is 3. The second-order valence-corrected chi connectivity index (χ2v) is 13.2. The number of aromatic nitrogens is 2. The van der Waals surface area contributed by atoms with Gasteiger partial charge in [-0.05, 0) is 83.4 Å². The van der Waals surface area contributed by atoms with Gasteiger partial charge in [0.05, 0.1) is 37.1 Å². The first-order valence-corrected chi connectivity index (χ1v) is 14.9. The number of nitrogens with zero attached hydrogens (tertiary/aromatic N) is 2. The molecule has 3 unspecified atom stereocenters. The molecule has 2 aliphatic heterocycles. The van der Waals surface area contributed by atoms with E-state index in [0.717, 1.165) is 51.8 Å². The minimum absolute atomic E-state index is 0.150. The zero-order valence-corrected chi connectivity index (χ0v) is 25.5. The van der Waals surface area contributed by atoms with E-state index in [9.17, 15) is 15.0 Å². The topological polar surface area (TPSA) is 108 Å². The summed E-state index contributed by atoms with van der Waals surface area (Å²) in [5, 5.41) is 22.3. The quantitative estimate of drug-likeness (QED) is 0.238. The molecule has 0 radical (unpaired) electrons. The van der Waals surface area contributed by atoms with Gasteiger partial charge in [-0.1, -0.05) is 33.3 Å². The molecule has 3 aromatic rings. The van der Waals surface area contributed by atoms with E-state index in [1.54, 1.807) is 12.0 Å². The number of carbonyl (C=O) groups is 1. The second kappa shape index (κ2) is 11.1. The number of rotatable bonds is 8. The summed E-state index contributed by atoms with van der Waals surface area (Å²) in [5.41, 5.74) is 5.27. The van der Waals surface area contributed by atoms with Crippen LogP contribution in [0.1, 0.15) is 82.2 Å². The normalized spacial score (nSPS) is 23.7. The number of morpholine rings is 1. The van der Waals surface area contributed by atoms with Gasteiger partial charge in [-0.25, -0.2) is 4.79 Å². The fourth-order valence-electron chi connectivity index (χ4n) is 6.53. The number of carboxylic acid groups (broad SMARTS) is 1. The molecule has 0 spiro atoms. The Kier molecular flexibility index (Phi) is 8.05. The maximum atomic E-state index is 11.9. The van der Waals surface area contributed by atoms with Crippen molar-refractivity contribution in [3.8, 4) is 11.3 Å². The number of aliphatic hydroxyl groups is 1. The van der Waals surface area contributed by atoms with Crippen LogP contribution in [0.15, 0.2) is 36.5 Å². The van der Waals surface area contributed by atoms with Crippen molar-refractivity contribution in [3.63, 3.8) is 0 Å². The van der Waals surface area contributed by atoms with Gasteiger partial charge in [0.25, 0.3) is 0 Å². The van der Waals surface area contributed by atoms with E-state index in [-0.39, 0.29) is 29.5 Å². The van der Waals surface area contributed by atoms with Gasteiger partial charge in [-0.3, -0.25) is 9.88 Å². The average molecular weight is 615 g/mol. The number of methoxy groups -OCH3 is 1. The van der Waals surface area contributed by atoms with Crippen LogP contribution < -0.4 is 0 Å². The van der Waals surface area contributed by atoms with Gasteiger partial charge in [0.1, 0.15) is 4.51 Å². The molecular weight excluding hydrogens is 574 g/mol. The molecule has 0 aliphatic carbocycles. The molecule has 3 N–H and O–H groups in total. The van der Waals surface area contributed by atoms with Crippen molar-refractivity contribution in [1.29, 1.82) is 0 Å². The molecule has 0 saturated carbocycles. The van der Waals surface area contributed by atoms with Crippen molar-refractivity contribution < 1.29 is 24.5 Å². The number of ether oxygens (including phenoxy) is 2. The number of nitrogens with one attached hydrogen (secondary N) is 1. The second-order valence-electron chi connectivity index (χ2n) is 12.0. The van der Waals surface area contributed by atoms with Crippen molar-refractivity contribution >= 4 is 32.9 Å². The lowest BCUT2D eigenvalue weighted by atomic mass is 9.78. The lowest BCUT2D eigenvalue weighted by molar-refractivity contribution is -0.0646. The van der Waals surface area contributed by atoms with Crippen molar-refractivity contribution in [1.82, 2.24) is 14.9 Å². The van der Waals surface area contributed by atoms with Crippen LogP contribution in [0.4, 0.5) is 4.79 Å². The van der Waals surface area contributed by atoms with Gasteiger partial charge in [0, 0.05) is 40.9 Å². The molecule has 2 fully saturated rings. The van der Waals surface area contributed by atoms with Crippen molar-refractivity contribution in [2.45, 2.75) is 82.0 Å². The first-order chi connectivity index (χ1) is 19.0. The van der Waals surface area contributed by atoms with Crippen LogP contribution in [0.25, 0.3) is 22.2 Å². The molecule has 5 rings (SSSR count). The SMILES string of the molecule is CCCC(C)(C)C(O)(Br)c1ccc2[nH]c(-c3cc(C4C[C@H]5COC[C@@H](C4)N5C(=O)O)cnc3C(C)OC)cc2c1. The van der Waals surface area contributed by atoms with Crippen molar-refractivity contribution in [2.24, 2.45) is 5.41 Å². The number of fused-ring (bicyclic) bond motifs is 3. The van der Waals surface area contributed by atoms with E-state index in [0.29, 0.717) is 26.1 Å². The van der Waals surface area contributed by atoms with Crippen molar-refractivity contribution in [2.75, 3.05) is 20.3 Å². The molecule has 2 aromatic heterocycles. The Labute approximate surface area is 244 Å². The van der Waals surface area contributed by atoms with Gasteiger partial charge < -0.3 is 24.7 Å². The fraction of sp³-hybridized carbons (Fsp3) is 0.548. The Morgan fingerprint density at radius 3 is 2.58 bits per heavy atom. The number of halogens is 1. The summed E-state index contributed by atoms with van der Waals surface area (Å²) in [7, 11) is 1.68. The maximum absolute atomic E-state index is 11.9. The summed E-state index contributed by atoms with van der Waals surface area (Å²) in [5.74, 6) is 0.188. The third-order valence-corrected chi connectivity index (χ3v) is 10.5. The van der Waals surface area contributed by atoms with E-state index in [1.807, 2.05) is 31.3 Å². The number of H-pyrrole nitrogens is 1. The number of benzene rings is 1. The molecule has 40 heavy (non-hydrogen) atoms. The fourth-order valence-corrected chi connectivity index (χ4v) is 6.98. The largest absolute Gasteiger partial charge is 0.465 e. The van der Waals surface area contributed by atoms with Crippen LogP contribution in [0.5, 0.6) is 0 Å². The van der Waals surface area contributed by atoms with Crippen LogP contribution in [0.3, 0.4) is 0 Å². The highest BCUT2D eigenvalue weighted by atomic mass is 79.9. The number of aromatic amines is 1. The summed E-state index contributed by atoms with van der Waals surface area (Å²) in [6.07, 6.45) is 4.10. The van der Waals surface area contributed by atoms with E-state index in [2.05, 4.69) is 53.8 Å². The molecule has 2 bridgehead atoms. The average Bonchev–Trinajstić information content (AvgIpc) is 3.35. The van der Waals surface area contributed by atoms with E-state index in [4.69, 9.17) is 14.5 Å². The van der Waals surface area contributed by atoms with Gasteiger partial charge in [0.2, 0.25) is 0 Å². The maximum Gasteiger partial charge on any atom is 0.407 e. The molecule has 9 heteroatoms. The summed E-state index contributed by atoms with van der Waals surface area (Å²) < 4.78 is 10.2. The molecular formula is C31H40BrN3O5. The molecule has 4 heterocycles. The third kappa shape index (κ3) is 5.17. The molecule has 5 atom stereocenters. The highest BCUT2D eigenvalue weighted by Crippen LogP contribution is 2.48. The zero-order valence-electron chi connectivity index (χ0n) is 23.9. The van der Waals surface area contributed by atoms with Crippen molar-refractivity contribution in [3.05, 3.63) is 53.3 Å². The van der Waals surface area contributed by atoms with Crippen LogP contribution in [0, 0.1) is 5.41 Å². The summed E-state index contributed by atoms with van der Waals surface area (Å²) in [6, 6.07) is 10.0. The number of piperidine rings is 1. The highest BCUT2D eigenvalue weighted by molar-refractivity contribution is 9.09. The first kappa shape index (κ1) is 29.0. The third-order valence-electron chi connectivity index (χ3n) is 8.96. The van der Waals surface area contributed by atoms with Gasteiger partial charge in [0.15, 0.2) is 0 Å². The molecule has 8 nitrogen and oxygen atoms in total. The lowest BCUT2D eigenvalue weighted by Crippen LogP contribution is -2.58. The Bertz CT molecular complexity index is 1370. The van der Waals surface area contributed by atoms with Gasteiger partial charge >= 0.3 is 6.09 Å². The van der Waals surface area contributed by atoms with E-state index < -0.39 is 10.6 Å². The molecule has 2 aliphatic rings. The Balaban J connectivity index is 1.52. The van der Waals surface area contributed by atoms with E-state index in [1.165, 1.54) is 0 Å². The van der Waals surface area contributed by atoms with Gasteiger partial charge in [-0.2, -0.15) is 0 Å². The molecule has 2 saturated heterocycles. The van der Waals surface area contributed by atoms with Crippen LogP contribution in [-0.4, -0.2) is 63.6 Å². The van der Waals surface area contributed by atoms with Crippen LogP contribution in [0.2, 0.25) is 0 Å². The summed E-state index contributed by atoms with van der Waals surface area (Å²) in [6.45, 7) is 9.13. The molecule has 1 aromatic carbocycles. The standard InChI is InChI=1S/C31H40BrN3O5/c1-6-9-30(3,4)31(32,38)22-7-8-26-20(10-22)14-27(34-26)25-13-21(15-33-28(25)18(2)39-5)19-11-23-16-40-17-24(12-19)35(23)29(36)37/h7-8,10,13-15,18-19,23-24,34,38H,6,9,11-12,16-17H2,1-5H3,(H,36,37)/t18?,19?,23-,24+,31?.